The van der Waals surface area contributed by atoms with Crippen LogP contribution >= 0.6 is 0 Å². The summed E-state index contributed by atoms with van der Waals surface area (Å²) in [4.78, 5) is 18.7. The average molecular weight is 402 g/mol. The molecule has 0 spiro atoms. The number of amides is 2. The van der Waals surface area contributed by atoms with Gasteiger partial charge in [0.2, 0.25) is 0 Å². The van der Waals surface area contributed by atoms with E-state index in [1.54, 1.807) is 17.3 Å². The molecule has 3 aromatic rings. The lowest BCUT2D eigenvalue weighted by Crippen LogP contribution is -2.51. The molecule has 1 fully saturated rings. The highest BCUT2D eigenvalue weighted by Gasteiger charge is 2.22. The van der Waals surface area contributed by atoms with Gasteiger partial charge in [-0.1, -0.05) is 54.6 Å². The maximum atomic E-state index is 12.8. The molecule has 1 unspecified atom stereocenters. The molecule has 0 bridgehead atoms. The Labute approximate surface area is 176 Å². The van der Waals surface area contributed by atoms with Gasteiger partial charge in [-0.25, -0.2) is 4.79 Å². The van der Waals surface area contributed by atoms with Gasteiger partial charge in [-0.2, -0.15) is 0 Å². The zero-order valence-corrected chi connectivity index (χ0v) is 16.8. The Balaban J connectivity index is 1.49. The van der Waals surface area contributed by atoms with Crippen LogP contribution < -0.4 is 15.4 Å². The summed E-state index contributed by atoms with van der Waals surface area (Å²) in [6, 6.07) is 22.1. The number of urea groups is 1. The van der Waals surface area contributed by atoms with Crippen molar-refractivity contribution < 1.29 is 9.53 Å². The molecule has 0 saturated carbocycles. The van der Waals surface area contributed by atoms with Gasteiger partial charge in [0.25, 0.3) is 0 Å². The van der Waals surface area contributed by atoms with Crippen LogP contribution in [0.2, 0.25) is 0 Å². The number of nitrogens with zero attached hydrogens (tertiary/aromatic N) is 2. The highest BCUT2D eigenvalue weighted by molar-refractivity contribution is 5.74. The number of hydrogen-bond acceptors (Lipinski definition) is 4. The Hall–Kier alpha value is -3.38. The van der Waals surface area contributed by atoms with E-state index in [1.807, 2.05) is 42.5 Å². The first-order valence-corrected chi connectivity index (χ1v) is 10.2. The summed E-state index contributed by atoms with van der Waals surface area (Å²) in [6.07, 6.45) is 3.61. The van der Waals surface area contributed by atoms with Crippen LogP contribution in [0.1, 0.15) is 22.9 Å². The highest BCUT2D eigenvalue weighted by atomic mass is 16.5. The molecule has 2 N–H and O–H groups in total. The van der Waals surface area contributed by atoms with Crippen LogP contribution in [0.15, 0.2) is 79.1 Å². The molecule has 6 nitrogen and oxygen atoms in total. The fraction of sp³-hybridized carbons (Fsp3) is 0.250. The van der Waals surface area contributed by atoms with Crippen molar-refractivity contribution in [1.82, 2.24) is 20.5 Å². The van der Waals surface area contributed by atoms with E-state index >= 15 is 0 Å². The number of carbonyl (C=O) groups is 1. The van der Waals surface area contributed by atoms with Gasteiger partial charge in [-0.15, -0.1) is 0 Å². The third-order valence-electron chi connectivity index (χ3n) is 5.08. The number of nitrogens with one attached hydrogen (secondary N) is 2. The zero-order chi connectivity index (χ0) is 20.6. The first kappa shape index (κ1) is 19.9. The van der Waals surface area contributed by atoms with Crippen LogP contribution in [0, 0.1) is 0 Å². The predicted molar refractivity (Wildman–Crippen MR) is 116 cm³/mol. The van der Waals surface area contributed by atoms with E-state index < -0.39 is 6.23 Å². The number of benzene rings is 2. The second-order valence-corrected chi connectivity index (χ2v) is 7.28. The lowest BCUT2D eigenvalue weighted by molar-refractivity contribution is 0.140. The summed E-state index contributed by atoms with van der Waals surface area (Å²) in [5.41, 5.74) is 3.36. The molecular weight excluding hydrogens is 376 g/mol. The molecule has 1 aliphatic rings. The maximum Gasteiger partial charge on any atom is 0.320 e. The van der Waals surface area contributed by atoms with Crippen molar-refractivity contribution >= 4 is 6.03 Å². The van der Waals surface area contributed by atoms with E-state index in [-0.39, 0.29) is 6.03 Å². The minimum absolute atomic E-state index is 0.126. The monoisotopic (exact) mass is 402 g/mol. The molecule has 2 amide bonds. The quantitative estimate of drug-likeness (QED) is 0.621. The topological polar surface area (TPSA) is 66.5 Å². The number of carbonyl (C=O) groups excluding carboxylic acids is 1. The van der Waals surface area contributed by atoms with Gasteiger partial charge >= 0.3 is 6.03 Å². The molecule has 0 aliphatic carbocycles. The van der Waals surface area contributed by atoms with Crippen LogP contribution in [-0.4, -0.2) is 42.1 Å². The van der Waals surface area contributed by atoms with Crippen molar-refractivity contribution in [2.75, 3.05) is 26.2 Å². The van der Waals surface area contributed by atoms with Crippen LogP contribution in [0.4, 0.5) is 4.79 Å². The van der Waals surface area contributed by atoms with E-state index in [4.69, 9.17) is 4.74 Å². The normalized spacial score (nSPS) is 14.7. The van der Waals surface area contributed by atoms with Crippen molar-refractivity contribution in [3.8, 4) is 5.75 Å². The van der Waals surface area contributed by atoms with Gasteiger partial charge < -0.3 is 15.0 Å². The van der Waals surface area contributed by atoms with E-state index in [0.29, 0.717) is 18.8 Å². The Morgan fingerprint density at radius 2 is 1.73 bits per heavy atom. The van der Waals surface area contributed by atoms with Crippen LogP contribution in [0.5, 0.6) is 5.75 Å². The minimum atomic E-state index is -0.595. The molecule has 2 heterocycles. The highest BCUT2D eigenvalue weighted by Crippen LogP contribution is 2.21. The molecule has 1 aliphatic heterocycles. The van der Waals surface area contributed by atoms with Crippen molar-refractivity contribution in [1.29, 1.82) is 0 Å². The summed E-state index contributed by atoms with van der Waals surface area (Å²) in [7, 11) is 0. The molecule has 4 rings (SSSR count). The van der Waals surface area contributed by atoms with E-state index in [2.05, 4.69) is 39.9 Å². The summed E-state index contributed by atoms with van der Waals surface area (Å²) < 4.78 is 6.08. The summed E-state index contributed by atoms with van der Waals surface area (Å²) in [6.45, 7) is 2.97. The van der Waals surface area contributed by atoms with Crippen LogP contribution in [0.25, 0.3) is 0 Å². The summed E-state index contributed by atoms with van der Waals surface area (Å²) in [5, 5.41) is 6.29. The van der Waals surface area contributed by atoms with Crippen molar-refractivity contribution in [2.24, 2.45) is 0 Å². The average Bonchev–Trinajstić information content (AvgIpc) is 2.81. The van der Waals surface area contributed by atoms with Crippen LogP contribution in [-0.2, 0) is 6.42 Å². The predicted octanol–water partition coefficient (Wildman–Crippen LogP) is 3.36. The van der Waals surface area contributed by atoms with Gasteiger partial charge in [0.05, 0.1) is 6.20 Å². The number of piperazine rings is 1. The zero-order valence-electron chi connectivity index (χ0n) is 16.8. The van der Waals surface area contributed by atoms with E-state index in [9.17, 15) is 4.79 Å². The van der Waals surface area contributed by atoms with Gasteiger partial charge in [0.15, 0.2) is 6.23 Å². The second-order valence-electron chi connectivity index (χ2n) is 7.28. The van der Waals surface area contributed by atoms with Gasteiger partial charge in [-0.3, -0.25) is 10.3 Å². The molecule has 154 valence electrons. The Kier molecular flexibility index (Phi) is 6.57. The molecule has 0 radical (unpaired) electrons. The van der Waals surface area contributed by atoms with Crippen molar-refractivity contribution in [2.45, 2.75) is 12.6 Å². The van der Waals surface area contributed by atoms with E-state index in [0.717, 1.165) is 25.1 Å². The van der Waals surface area contributed by atoms with Gasteiger partial charge in [-0.05, 0) is 29.7 Å². The van der Waals surface area contributed by atoms with Crippen molar-refractivity contribution in [3.63, 3.8) is 0 Å². The minimum Gasteiger partial charge on any atom is -0.465 e. The summed E-state index contributed by atoms with van der Waals surface area (Å²) in [5.74, 6) is 0.608. The first-order chi connectivity index (χ1) is 14.8. The smallest absolute Gasteiger partial charge is 0.320 e. The SMILES string of the molecule is O=C(NC(Oc1cccnc1)c1ccc(Cc2ccccc2)cc1)N1CCNCC1. The third kappa shape index (κ3) is 5.36. The van der Waals surface area contributed by atoms with E-state index in [1.165, 1.54) is 11.1 Å². The number of hydrogen-bond donors (Lipinski definition) is 2. The molecule has 6 heteroatoms. The lowest BCUT2D eigenvalue weighted by atomic mass is 10.0. The molecule has 2 aromatic carbocycles. The van der Waals surface area contributed by atoms with Gasteiger partial charge in [0.1, 0.15) is 5.75 Å². The molecule has 1 aromatic heterocycles. The molecular formula is C24H26N4O2. The molecule has 30 heavy (non-hydrogen) atoms. The number of rotatable bonds is 6. The molecule has 1 saturated heterocycles. The van der Waals surface area contributed by atoms with Crippen molar-refractivity contribution in [3.05, 3.63) is 95.8 Å². The Morgan fingerprint density at radius 3 is 2.43 bits per heavy atom. The Bertz CT molecular complexity index is 926. The fourth-order valence-electron chi connectivity index (χ4n) is 3.45. The largest absolute Gasteiger partial charge is 0.465 e. The fourth-order valence-corrected chi connectivity index (χ4v) is 3.45. The van der Waals surface area contributed by atoms with Crippen LogP contribution in [0.3, 0.4) is 0 Å². The Morgan fingerprint density at radius 1 is 1.00 bits per heavy atom. The second kappa shape index (κ2) is 9.89. The number of pyridine rings is 1. The maximum absolute atomic E-state index is 12.8. The number of aromatic nitrogens is 1. The lowest BCUT2D eigenvalue weighted by Gasteiger charge is -2.30. The first-order valence-electron chi connectivity index (χ1n) is 10.2. The molecule has 1 atom stereocenters. The van der Waals surface area contributed by atoms with Gasteiger partial charge in [0, 0.05) is 37.9 Å². The third-order valence-corrected chi connectivity index (χ3v) is 5.08. The summed E-state index contributed by atoms with van der Waals surface area (Å²) >= 11 is 0. The standard InChI is InChI=1S/C24H26N4O2/c29-24(28-15-13-25-14-16-28)27-23(30-22-7-4-12-26-18-22)21-10-8-20(9-11-21)17-19-5-2-1-3-6-19/h1-12,18,23,25H,13-17H2,(H,27,29). The number of ether oxygens (including phenoxy) is 1.